The molecule has 1 unspecified atom stereocenters. The van der Waals surface area contributed by atoms with Gasteiger partial charge in [-0.25, -0.2) is 8.78 Å². The molecule has 2 aromatic carbocycles. The molecule has 1 fully saturated rings. The number of aromatic hydroxyl groups is 1. The van der Waals surface area contributed by atoms with Gasteiger partial charge >= 0.3 is 0 Å². The van der Waals surface area contributed by atoms with Crippen LogP contribution < -0.4 is 0 Å². The lowest BCUT2D eigenvalue weighted by Crippen LogP contribution is -2.35. The number of amides is 1. The van der Waals surface area contributed by atoms with E-state index in [-0.39, 0.29) is 47.7 Å². The number of hydrogen-bond donors (Lipinski definition) is 2. The molecule has 1 saturated carbocycles. The number of aryl methyl sites for hydroxylation is 1. The molecule has 202 valence electrons. The van der Waals surface area contributed by atoms with E-state index in [1.165, 1.54) is 17.2 Å². The van der Waals surface area contributed by atoms with Crippen LogP contribution >= 0.6 is 0 Å². The predicted molar refractivity (Wildman–Crippen MR) is 138 cm³/mol. The van der Waals surface area contributed by atoms with Crippen molar-refractivity contribution < 1.29 is 28.6 Å². The van der Waals surface area contributed by atoms with Crippen molar-refractivity contribution in [2.45, 2.75) is 65.1 Å². The van der Waals surface area contributed by atoms with Crippen LogP contribution in [-0.2, 0) is 11.3 Å². The van der Waals surface area contributed by atoms with Gasteiger partial charge in [0.05, 0.1) is 24.3 Å². The molecule has 0 radical (unpaired) electrons. The number of carbonyl (C=O) groups excluding carboxylic acids is 2. The van der Waals surface area contributed by atoms with Crippen LogP contribution in [0, 0.1) is 31.4 Å². The van der Waals surface area contributed by atoms with Gasteiger partial charge in [0.2, 0.25) is 0 Å². The van der Waals surface area contributed by atoms with Crippen molar-refractivity contribution in [1.82, 2.24) is 14.7 Å². The van der Waals surface area contributed by atoms with Gasteiger partial charge in [-0.3, -0.25) is 14.3 Å². The number of carbonyl (C=O) groups is 2. The molecule has 2 N–H and O–H groups in total. The van der Waals surface area contributed by atoms with Crippen LogP contribution in [0.25, 0.3) is 0 Å². The highest BCUT2D eigenvalue weighted by atomic mass is 19.1. The Kier molecular flexibility index (Phi) is 8.26. The van der Waals surface area contributed by atoms with Gasteiger partial charge in [0, 0.05) is 29.8 Å². The number of aromatic nitrogens is 2. The second kappa shape index (κ2) is 11.4. The van der Waals surface area contributed by atoms with E-state index in [0.29, 0.717) is 16.8 Å². The van der Waals surface area contributed by atoms with Crippen molar-refractivity contribution in [1.29, 1.82) is 0 Å². The third-order valence-electron chi connectivity index (χ3n) is 7.50. The molecule has 1 aliphatic rings. The van der Waals surface area contributed by atoms with Crippen LogP contribution in [0.2, 0.25) is 0 Å². The molecular weight excluding hydrogens is 492 g/mol. The summed E-state index contributed by atoms with van der Waals surface area (Å²) >= 11 is 0. The van der Waals surface area contributed by atoms with Gasteiger partial charge in [-0.2, -0.15) is 5.10 Å². The standard InChI is InChI=1S/C29H33F2N3O4/c1-17-5-4-6-26(36)28(17)27(37)16-33(15-20-11-22(30)13-23(31)12-20)29(38)25-14-32-34(18(25)2)24-9-7-21(8-10-24)19(3)35/h4-6,11-14,21,24,27,36-37H,7-10,15-16H2,1-3H3. The fourth-order valence-corrected chi connectivity index (χ4v) is 5.44. The van der Waals surface area contributed by atoms with Crippen molar-refractivity contribution in [3.63, 3.8) is 0 Å². The molecule has 9 heteroatoms. The minimum absolute atomic E-state index is 0.0599. The zero-order valence-corrected chi connectivity index (χ0v) is 21.8. The van der Waals surface area contributed by atoms with Crippen molar-refractivity contribution in [2.24, 2.45) is 5.92 Å². The SMILES string of the molecule is CC(=O)C1CCC(n2ncc(C(=O)N(Cc3cc(F)cc(F)c3)CC(O)c3c(C)cccc3O)c2C)CC1. The molecule has 38 heavy (non-hydrogen) atoms. The second-order valence-corrected chi connectivity index (χ2v) is 10.2. The molecule has 1 amide bonds. The van der Waals surface area contributed by atoms with Crippen LogP contribution in [-0.4, -0.2) is 43.1 Å². The van der Waals surface area contributed by atoms with Gasteiger partial charge in [0.15, 0.2) is 0 Å². The average Bonchev–Trinajstić information content (AvgIpc) is 3.23. The lowest BCUT2D eigenvalue weighted by molar-refractivity contribution is -0.121. The van der Waals surface area contributed by atoms with Gasteiger partial charge in [0.1, 0.15) is 29.3 Å². The minimum atomic E-state index is -1.24. The maximum absolute atomic E-state index is 13.9. The smallest absolute Gasteiger partial charge is 0.257 e. The largest absolute Gasteiger partial charge is 0.508 e. The first-order valence-corrected chi connectivity index (χ1v) is 12.8. The third-order valence-corrected chi connectivity index (χ3v) is 7.50. The summed E-state index contributed by atoms with van der Waals surface area (Å²) in [6, 6.07) is 7.95. The topological polar surface area (TPSA) is 95.7 Å². The highest BCUT2D eigenvalue weighted by Gasteiger charge is 2.30. The van der Waals surface area contributed by atoms with Gasteiger partial charge in [-0.1, -0.05) is 12.1 Å². The number of hydrogen-bond acceptors (Lipinski definition) is 5. The summed E-state index contributed by atoms with van der Waals surface area (Å²) in [7, 11) is 0. The van der Waals surface area contributed by atoms with Crippen LogP contribution in [0.1, 0.15) is 77.5 Å². The molecule has 0 saturated heterocycles. The Bertz CT molecular complexity index is 1290. The number of phenolic OH excluding ortho intramolecular Hbond substituents is 1. The van der Waals surface area contributed by atoms with Gasteiger partial charge in [-0.15, -0.1) is 0 Å². The van der Waals surface area contributed by atoms with Crippen LogP contribution in [0.4, 0.5) is 8.78 Å². The maximum Gasteiger partial charge on any atom is 0.257 e. The molecule has 1 heterocycles. The summed E-state index contributed by atoms with van der Waals surface area (Å²) in [5.74, 6) is -1.84. The van der Waals surface area contributed by atoms with E-state index < -0.39 is 23.6 Å². The van der Waals surface area contributed by atoms with Crippen molar-refractivity contribution in [3.8, 4) is 5.75 Å². The lowest BCUT2D eigenvalue weighted by Gasteiger charge is -2.29. The van der Waals surface area contributed by atoms with E-state index in [1.807, 2.05) is 4.68 Å². The maximum atomic E-state index is 13.9. The van der Waals surface area contributed by atoms with Gasteiger partial charge in [-0.05, 0) is 75.8 Å². The van der Waals surface area contributed by atoms with Crippen molar-refractivity contribution in [3.05, 3.63) is 82.2 Å². The molecule has 1 atom stereocenters. The monoisotopic (exact) mass is 525 g/mol. The van der Waals surface area contributed by atoms with Crippen LogP contribution in [0.5, 0.6) is 5.75 Å². The fraction of sp³-hybridized carbons (Fsp3) is 0.414. The first-order valence-electron chi connectivity index (χ1n) is 12.8. The number of aliphatic hydroxyl groups is 1. The van der Waals surface area contributed by atoms with Gasteiger partial charge < -0.3 is 15.1 Å². The summed E-state index contributed by atoms with van der Waals surface area (Å²) in [6.45, 7) is 4.77. The Morgan fingerprint density at radius 3 is 2.37 bits per heavy atom. The number of aliphatic hydroxyl groups excluding tert-OH is 1. The molecule has 0 bridgehead atoms. The summed E-state index contributed by atoms with van der Waals surface area (Å²) in [5.41, 5.74) is 2.11. The Morgan fingerprint density at radius 2 is 1.76 bits per heavy atom. The summed E-state index contributed by atoms with van der Waals surface area (Å²) in [5, 5.41) is 25.8. The molecule has 7 nitrogen and oxygen atoms in total. The number of benzene rings is 2. The van der Waals surface area contributed by atoms with E-state index in [0.717, 1.165) is 43.9 Å². The summed E-state index contributed by atoms with van der Waals surface area (Å²) in [6.07, 6.45) is 3.33. The fourth-order valence-electron chi connectivity index (χ4n) is 5.44. The first-order chi connectivity index (χ1) is 18.0. The Hall–Kier alpha value is -3.59. The Labute approximate surface area is 220 Å². The highest BCUT2D eigenvalue weighted by molar-refractivity contribution is 5.95. The molecule has 4 rings (SSSR count). The minimum Gasteiger partial charge on any atom is -0.508 e. The summed E-state index contributed by atoms with van der Waals surface area (Å²) in [4.78, 5) is 26.8. The zero-order chi connectivity index (χ0) is 27.6. The Morgan fingerprint density at radius 1 is 1.11 bits per heavy atom. The van der Waals surface area contributed by atoms with E-state index in [1.54, 1.807) is 32.9 Å². The zero-order valence-electron chi connectivity index (χ0n) is 21.8. The number of ketones is 1. The molecular formula is C29H33F2N3O4. The van der Waals surface area contributed by atoms with Crippen LogP contribution in [0.3, 0.4) is 0 Å². The highest BCUT2D eigenvalue weighted by Crippen LogP contribution is 2.34. The number of rotatable bonds is 8. The van der Waals surface area contributed by atoms with Gasteiger partial charge in [0.25, 0.3) is 5.91 Å². The summed E-state index contributed by atoms with van der Waals surface area (Å²) < 4.78 is 29.7. The number of nitrogens with zero attached hydrogens (tertiary/aromatic N) is 3. The second-order valence-electron chi connectivity index (χ2n) is 10.2. The molecule has 0 aliphatic heterocycles. The number of halogens is 2. The Balaban J connectivity index is 1.62. The molecule has 1 aromatic heterocycles. The first kappa shape index (κ1) is 27.4. The lowest BCUT2D eigenvalue weighted by atomic mass is 9.84. The number of phenols is 1. The normalized spacial score (nSPS) is 18.3. The molecule has 1 aliphatic carbocycles. The van der Waals surface area contributed by atoms with Crippen molar-refractivity contribution in [2.75, 3.05) is 6.54 Å². The molecule has 0 spiro atoms. The van der Waals surface area contributed by atoms with E-state index in [2.05, 4.69) is 5.10 Å². The average molecular weight is 526 g/mol. The van der Waals surface area contributed by atoms with E-state index in [4.69, 9.17) is 0 Å². The van der Waals surface area contributed by atoms with Crippen LogP contribution in [0.15, 0.2) is 42.6 Å². The predicted octanol–water partition coefficient (Wildman–Crippen LogP) is 5.18. The van der Waals surface area contributed by atoms with E-state index in [9.17, 15) is 28.6 Å². The van der Waals surface area contributed by atoms with E-state index >= 15 is 0 Å². The van der Waals surface area contributed by atoms with Crippen molar-refractivity contribution >= 4 is 11.7 Å². The quantitative estimate of drug-likeness (QED) is 0.423. The third kappa shape index (κ3) is 5.93. The molecule has 3 aromatic rings. The number of Topliss-reactive ketones (excluding diaryl/α,β-unsaturated/α-hetero) is 1.